The molecule has 138 valence electrons. The third-order valence-corrected chi connectivity index (χ3v) is 5.37. The van der Waals surface area contributed by atoms with Gasteiger partial charge in [-0.1, -0.05) is 31.9 Å². The van der Waals surface area contributed by atoms with Gasteiger partial charge < -0.3 is 15.0 Å². The van der Waals surface area contributed by atoms with Gasteiger partial charge in [0, 0.05) is 24.8 Å². The lowest BCUT2D eigenvalue weighted by Gasteiger charge is -2.29. The number of nitriles is 1. The van der Waals surface area contributed by atoms with Gasteiger partial charge in [-0.05, 0) is 42.5 Å². The Kier molecular flexibility index (Phi) is 6.30. The molecule has 1 heterocycles. The normalized spacial score (nSPS) is 24.0. The molecule has 2 unspecified atom stereocenters. The third-order valence-electron chi connectivity index (χ3n) is 5.37. The van der Waals surface area contributed by atoms with E-state index in [0.29, 0.717) is 5.92 Å². The van der Waals surface area contributed by atoms with Gasteiger partial charge in [0.2, 0.25) is 0 Å². The Morgan fingerprint density at radius 2 is 1.92 bits per heavy atom. The number of benzene rings is 1. The number of morpholine rings is 1. The lowest BCUT2D eigenvalue weighted by atomic mass is 9.86. The van der Waals surface area contributed by atoms with Crippen LogP contribution in [0.5, 0.6) is 0 Å². The standard InChI is InChI=1S/C21H27N3O2/c1-16-4-2-3-5-20(16)23-21(25)18(15-22)14-17-6-8-19(9-7-17)24-10-12-26-13-11-24/h6-9,14,16,20H,2-5,10-13H2,1H3,(H,23,25)/b18-14-. The Hall–Kier alpha value is -2.32. The largest absolute Gasteiger partial charge is 0.378 e. The summed E-state index contributed by atoms with van der Waals surface area (Å²) in [5, 5.41) is 12.5. The predicted molar refractivity (Wildman–Crippen MR) is 103 cm³/mol. The predicted octanol–water partition coefficient (Wildman–Crippen LogP) is 3.13. The van der Waals surface area contributed by atoms with Crippen LogP contribution >= 0.6 is 0 Å². The average molecular weight is 353 g/mol. The first kappa shape index (κ1) is 18.5. The average Bonchev–Trinajstić information content (AvgIpc) is 2.69. The fraction of sp³-hybridized carbons (Fsp3) is 0.524. The van der Waals surface area contributed by atoms with Crippen molar-refractivity contribution in [1.82, 2.24) is 5.32 Å². The minimum absolute atomic E-state index is 0.168. The smallest absolute Gasteiger partial charge is 0.262 e. The van der Waals surface area contributed by atoms with Crippen LogP contribution in [0.4, 0.5) is 5.69 Å². The highest BCUT2D eigenvalue weighted by atomic mass is 16.5. The molecule has 2 atom stereocenters. The summed E-state index contributed by atoms with van der Waals surface area (Å²) in [5.74, 6) is 0.212. The highest BCUT2D eigenvalue weighted by Crippen LogP contribution is 2.24. The summed E-state index contributed by atoms with van der Waals surface area (Å²) in [6.07, 6.45) is 6.18. The molecular formula is C21H27N3O2. The summed E-state index contributed by atoms with van der Waals surface area (Å²) in [4.78, 5) is 14.8. The van der Waals surface area contributed by atoms with Gasteiger partial charge >= 0.3 is 0 Å². The molecule has 0 spiro atoms. The van der Waals surface area contributed by atoms with Gasteiger partial charge in [0.05, 0.1) is 13.2 Å². The second-order valence-electron chi connectivity index (χ2n) is 7.20. The molecule has 2 fully saturated rings. The Balaban J connectivity index is 1.66. The molecule has 3 rings (SSSR count). The minimum Gasteiger partial charge on any atom is -0.378 e. The van der Waals surface area contributed by atoms with E-state index in [9.17, 15) is 10.1 Å². The first-order valence-corrected chi connectivity index (χ1v) is 9.53. The number of amides is 1. The van der Waals surface area contributed by atoms with E-state index < -0.39 is 0 Å². The van der Waals surface area contributed by atoms with Crippen LogP contribution in [0, 0.1) is 17.2 Å². The summed E-state index contributed by atoms with van der Waals surface area (Å²) < 4.78 is 5.38. The monoisotopic (exact) mass is 353 g/mol. The van der Waals surface area contributed by atoms with Gasteiger partial charge in [-0.2, -0.15) is 5.26 Å². The van der Waals surface area contributed by atoms with Crippen LogP contribution in [-0.2, 0) is 9.53 Å². The van der Waals surface area contributed by atoms with Gasteiger partial charge in [0.25, 0.3) is 5.91 Å². The number of rotatable bonds is 4. The van der Waals surface area contributed by atoms with Gasteiger partial charge in [-0.15, -0.1) is 0 Å². The van der Waals surface area contributed by atoms with Crippen molar-refractivity contribution in [3.05, 3.63) is 35.4 Å². The molecule has 1 aliphatic heterocycles. The van der Waals surface area contributed by atoms with Crippen molar-refractivity contribution in [3.8, 4) is 6.07 Å². The fourth-order valence-corrected chi connectivity index (χ4v) is 3.70. The number of carbonyl (C=O) groups is 1. The van der Waals surface area contributed by atoms with Crippen molar-refractivity contribution >= 4 is 17.7 Å². The van der Waals surface area contributed by atoms with Crippen LogP contribution in [0.2, 0.25) is 0 Å². The quantitative estimate of drug-likeness (QED) is 0.667. The lowest BCUT2D eigenvalue weighted by Crippen LogP contribution is -2.41. The van der Waals surface area contributed by atoms with Crippen molar-refractivity contribution in [3.63, 3.8) is 0 Å². The van der Waals surface area contributed by atoms with Gasteiger partial charge in [0.1, 0.15) is 11.6 Å². The Morgan fingerprint density at radius 1 is 1.23 bits per heavy atom. The molecule has 1 saturated carbocycles. The molecule has 5 heteroatoms. The van der Waals surface area contributed by atoms with Crippen LogP contribution in [-0.4, -0.2) is 38.3 Å². The highest BCUT2D eigenvalue weighted by molar-refractivity contribution is 6.01. The first-order valence-electron chi connectivity index (χ1n) is 9.53. The van der Waals surface area contributed by atoms with E-state index in [1.165, 1.54) is 6.42 Å². The third kappa shape index (κ3) is 4.64. The van der Waals surface area contributed by atoms with E-state index in [2.05, 4.69) is 23.2 Å². The Labute approximate surface area is 155 Å². The summed E-state index contributed by atoms with van der Waals surface area (Å²) in [5.41, 5.74) is 2.18. The van der Waals surface area contributed by atoms with E-state index in [0.717, 1.165) is 56.8 Å². The number of hydrogen-bond donors (Lipinski definition) is 1. The molecule has 5 nitrogen and oxygen atoms in total. The fourth-order valence-electron chi connectivity index (χ4n) is 3.70. The number of nitrogens with zero attached hydrogens (tertiary/aromatic N) is 2. The summed E-state index contributed by atoms with van der Waals surface area (Å²) in [6, 6.07) is 10.2. The maximum Gasteiger partial charge on any atom is 0.262 e. The maximum atomic E-state index is 12.5. The molecule has 1 aromatic carbocycles. The van der Waals surface area contributed by atoms with Gasteiger partial charge in [0.15, 0.2) is 0 Å². The van der Waals surface area contributed by atoms with Crippen LogP contribution in [0.3, 0.4) is 0 Å². The first-order chi connectivity index (χ1) is 12.7. The van der Waals surface area contributed by atoms with E-state index in [1.54, 1.807) is 6.08 Å². The van der Waals surface area contributed by atoms with Gasteiger partial charge in [-0.25, -0.2) is 0 Å². The van der Waals surface area contributed by atoms with Crippen molar-refractivity contribution in [2.24, 2.45) is 5.92 Å². The second-order valence-corrected chi connectivity index (χ2v) is 7.20. The summed E-state index contributed by atoms with van der Waals surface area (Å²) in [6.45, 7) is 5.45. The number of anilines is 1. The zero-order valence-electron chi connectivity index (χ0n) is 15.4. The Bertz CT molecular complexity index is 684. The van der Waals surface area contributed by atoms with Crippen molar-refractivity contribution in [2.45, 2.75) is 38.6 Å². The molecule has 1 N–H and O–H groups in total. The summed E-state index contributed by atoms with van der Waals surface area (Å²) >= 11 is 0. The van der Waals surface area contributed by atoms with Crippen LogP contribution in [0.1, 0.15) is 38.2 Å². The zero-order chi connectivity index (χ0) is 18.4. The highest BCUT2D eigenvalue weighted by Gasteiger charge is 2.24. The molecular weight excluding hydrogens is 326 g/mol. The second kappa shape index (κ2) is 8.86. The van der Waals surface area contributed by atoms with Crippen LogP contribution in [0.15, 0.2) is 29.8 Å². The molecule has 0 aromatic heterocycles. The van der Waals surface area contributed by atoms with E-state index in [1.807, 2.05) is 24.3 Å². The molecule has 1 amide bonds. The van der Waals surface area contributed by atoms with Crippen molar-refractivity contribution in [1.29, 1.82) is 5.26 Å². The zero-order valence-corrected chi connectivity index (χ0v) is 15.4. The number of ether oxygens (including phenoxy) is 1. The van der Waals surface area contributed by atoms with E-state index in [4.69, 9.17) is 4.74 Å². The molecule has 2 aliphatic rings. The summed E-state index contributed by atoms with van der Waals surface area (Å²) in [7, 11) is 0. The van der Waals surface area contributed by atoms with Gasteiger partial charge in [-0.3, -0.25) is 4.79 Å². The molecule has 1 saturated heterocycles. The molecule has 0 radical (unpaired) electrons. The number of nitrogens with one attached hydrogen (secondary N) is 1. The molecule has 1 aromatic rings. The molecule has 0 bridgehead atoms. The maximum absolute atomic E-state index is 12.5. The molecule has 26 heavy (non-hydrogen) atoms. The van der Waals surface area contributed by atoms with Crippen LogP contribution in [0.25, 0.3) is 6.08 Å². The number of carbonyl (C=O) groups excluding carboxylic acids is 1. The number of hydrogen-bond acceptors (Lipinski definition) is 4. The van der Waals surface area contributed by atoms with Crippen molar-refractivity contribution < 1.29 is 9.53 Å². The van der Waals surface area contributed by atoms with E-state index >= 15 is 0 Å². The molecule has 1 aliphatic carbocycles. The Morgan fingerprint density at radius 3 is 2.58 bits per heavy atom. The van der Waals surface area contributed by atoms with E-state index in [-0.39, 0.29) is 17.5 Å². The minimum atomic E-state index is -0.261. The van der Waals surface area contributed by atoms with Crippen LogP contribution < -0.4 is 10.2 Å². The lowest BCUT2D eigenvalue weighted by molar-refractivity contribution is -0.118. The van der Waals surface area contributed by atoms with Crippen molar-refractivity contribution in [2.75, 3.05) is 31.2 Å². The topological polar surface area (TPSA) is 65.4 Å². The SMILES string of the molecule is CC1CCCCC1NC(=O)/C(C#N)=C\c1ccc(N2CCOCC2)cc1.